The predicted molar refractivity (Wildman–Crippen MR) is 102 cm³/mol. The largest absolute Gasteiger partial charge is 0.460 e. The molecule has 1 aromatic rings. The second-order valence-corrected chi connectivity index (χ2v) is 6.83. The third-order valence-corrected chi connectivity index (χ3v) is 4.80. The summed E-state index contributed by atoms with van der Waals surface area (Å²) < 4.78 is 5.36. The molecule has 0 radical (unpaired) electrons. The van der Waals surface area contributed by atoms with Crippen LogP contribution in [0.1, 0.15) is 38.2 Å². The number of ether oxygens (including phenoxy) is 1. The Labute approximate surface area is 155 Å². The van der Waals surface area contributed by atoms with Crippen molar-refractivity contribution in [2.75, 3.05) is 19.6 Å². The minimum absolute atomic E-state index is 0.0115. The minimum atomic E-state index is -0.924. The molecule has 1 unspecified atom stereocenters. The lowest BCUT2D eigenvalue weighted by molar-refractivity contribution is -0.150. The lowest BCUT2D eigenvalue weighted by atomic mass is 9.86. The quantitative estimate of drug-likeness (QED) is 0.431. The van der Waals surface area contributed by atoms with Gasteiger partial charge < -0.3 is 21.1 Å². The Hall–Kier alpha value is -1.76. The van der Waals surface area contributed by atoms with Gasteiger partial charge in [-0.15, -0.1) is 0 Å². The first-order chi connectivity index (χ1) is 12.6. The number of benzene rings is 1. The van der Waals surface area contributed by atoms with Crippen LogP contribution in [0.3, 0.4) is 0 Å². The van der Waals surface area contributed by atoms with E-state index in [0.29, 0.717) is 13.0 Å². The summed E-state index contributed by atoms with van der Waals surface area (Å²) in [5.74, 6) is -1.01. The van der Waals surface area contributed by atoms with Gasteiger partial charge in [0, 0.05) is 25.6 Å². The van der Waals surface area contributed by atoms with Crippen LogP contribution in [-0.4, -0.2) is 43.5 Å². The molecule has 0 spiro atoms. The molecule has 1 fully saturated rings. The van der Waals surface area contributed by atoms with Crippen LogP contribution in [0.5, 0.6) is 0 Å². The van der Waals surface area contributed by atoms with Gasteiger partial charge in [0.05, 0.1) is 6.04 Å². The summed E-state index contributed by atoms with van der Waals surface area (Å²) in [6.45, 7) is 4.44. The van der Waals surface area contributed by atoms with E-state index < -0.39 is 17.9 Å². The fourth-order valence-electron chi connectivity index (χ4n) is 3.22. The number of hydrogen-bond donors (Lipinski definition) is 3. The normalized spacial score (nSPS) is 19.5. The Balaban J connectivity index is 1.97. The lowest BCUT2D eigenvalue weighted by Gasteiger charge is -2.29. The van der Waals surface area contributed by atoms with Gasteiger partial charge in [0.2, 0.25) is 0 Å². The number of nitrogens with two attached hydrogens (primary N) is 1. The summed E-state index contributed by atoms with van der Waals surface area (Å²) in [5, 5.41) is 6.43. The van der Waals surface area contributed by atoms with E-state index in [0.717, 1.165) is 37.9 Å². The fourth-order valence-corrected chi connectivity index (χ4v) is 3.22. The zero-order chi connectivity index (χ0) is 18.8. The number of ketones is 1. The molecule has 6 nitrogen and oxygen atoms in total. The van der Waals surface area contributed by atoms with Crippen molar-refractivity contribution >= 4 is 11.8 Å². The maximum absolute atomic E-state index is 12.9. The highest BCUT2D eigenvalue weighted by Crippen LogP contribution is 2.18. The first-order valence-corrected chi connectivity index (χ1v) is 9.57. The Morgan fingerprint density at radius 2 is 2.00 bits per heavy atom. The Morgan fingerprint density at radius 1 is 1.23 bits per heavy atom. The van der Waals surface area contributed by atoms with E-state index in [-0.39, 0.29) is 18.4 Å². The lowest BCUT2D eigenvalue weighted by Crippen LogP contribution is -2.56. The van der Waals surface area contributed by atoms with Gasteiger partial charge >= 0.3 is 5.97 Å². The predicted octanol–water partition coefficient (Wildman–Crippen LogP) is 1.38. The van der Waals surface area contributed by atoms with Gasteiger partial charge in [-0.1, -0.05) is 56.5 Å². The molecule has 2 rings (SSSR count). The van der Waals surface area contributed by atoms with Gasteiger partial charge in [-0.25, -0.2) is 0 Å². The van der Waals surface area contributed by atoms with Crippen molar-refractivity contribution in [3.8, 4) is 0 Å². The molecule has 0 amide bonds. The van der Waals surface area contributed by atoms with Gasteiger partial charge in [-0.3, -0.25) is 9.59 Å². The maximum Gasteiger partial charge on any atom is 0.323 e. The van der Waals surface area contributed by atoms with Gasteiger partial charge in [0.1, 0.15) is 12.6 Å². The van der Waals surface area contributed by atoms with Gasteiger partial charge in [0.15, 0.2) is 5.78 Å². The third-order valence-electron chi connectivity index (χ3n) is 4.80. The number of Topliss-reactive ketones (excluding diaryl/α,β-unsaturated/α-hetero) is 1. The van der Waals surface area contributed by atoms with Crippen LogP contribution in [0.25, 0.3) is 0 Å². The van der Waals surface area contributed by atoms with Crippen LogP contribution < -0.4 is 16.4 Å². The number of nitrogens with one attached hydrogen (secondary N) is 2. The van der Waals surface area contributed by atoms with Crippen molar-refractivity contribution in [3.05, 3.63) is 35.9 Å². The van der Waals surface area contributed by atoms with Crippen molar-refractivity contribution in [2.45, 2.75) is 51.3 Å². The summed E-state index contributed by atoms with van der Waals surface area (Å²) >= 11 is 0. The molecule has 0 bridgehead atoms. The highest BCUT2D eigenvalue weighted by atomic mass is 16.5. The summed E-state index contributed by atoms with van der Waals surface area (Å²) in [7, 11) is 0. The number of unbranched alkanes of at least 4 members (excludes halogenated alkanes) is 2. The van der Waals surface area contributed by atoms with Gasteiger partial charge in [0.25, 0.3) is 0 Å². The Bertz CT molecular complexity index is 559. The number of piperazine rings is 1. The zero-order valence-corrected chi connectivity index (χ0v) is 15.6. The summed E-state index contributed by atoms with van der Waals surface area (Å²) in [6, 6.07) is 8.25. The molecule has 6 heteroatoms. The molecule has 1 aromatic carbocycles. The highest BCUT2D eigenvalue weighted by Gasteiger charge is 2.35. The van der Waals surface area contributed by atoms with E-state index in [1.165, 1.54) is 0 Å². The van der Waals surface area contributed by atoms with Crippen LogP contribution in [0.15, 0.2) is 30.3 Å². The second kappa shape index (κ2) is 11.1. The SMILES string of the molecule is CCCCC[C@@H](C(=O)[C@H]1CNCCN1)C(N)C(=O)OCc1ccccc1. The van der Waals surface area contributed by atoms with Crippen LogP contribution in [0.4, 0.5) is 0 Å². The van der Waals surface area contributed by atoms with Crippen LogP contribution in [0.2, 0.25) is 0 Å². The zero-order valence-electron chi connectivity index (χ0n) is 15.6. The van der Waals surface area contributed by atoms with E-state index in [1.807, 2.05) is 30.3 Å². The van der Waals surface area contributed by atoms with E-state index in [1.54, 1.807) is 0 Å². The Morgan fingerprint density at radius 3 is 2.65 bits per heavy atom. The molecule has 1 saturated heterocycles. The van der Waals surface area contributed by atoms with E-state index in [4.69, 9.17) is 10.5 Å². The first kappa shape index (κ1) is 20.6. The molecule has 4 N–H and O–H groups in total. The number of esters is 1. The molecular weight excluding hydrogens is 330 g/mol. The number of carbonyl (C=O) groups is 2. The van der Waals surface area contributed by atoms with Crippen molar-refractivity contribution in [1.82, 2.24) is 10.6 Å². The maximum atomic E-state index is 12.9. The number of hydrogen-bond acceptors (Lipinski definition) is 6. The van der Waals surface area contributed by atoms with Crippen LogP contribution in [-0.2, 0) is 20.9 Å². The minimum Gasteiger partial charge on any atom is -0.460 e. The van der Waals surface area contributed by atoms with Crippen molar-refractivity contribution in [2.24, 2.45) is 11.7 Å². The van der Waals surface area contributed by atoms with E-state index in [2.05, 4.69) is 17.6 Å². The smallest absolute Gasteiger partial charge is 0.323 e. The van der Waals surface area contributed by atoms with Crippen LogP contribution in [0, 0.1) is 5.92 Å². The highest BCUT2D eigenvalue weighted by molar-refractivity contribution is 5.92. The number of rotatable bonds is 10. The standard InChI is InChI=1S/C20H31N3O3/c1-2-3-5-10-16(19(24)17-13-22-11-12-23-17)18(21)20(25)26-14-15-8-6-4-7-9-15/h4,6-9,16-18,22-23H,2-3,5,10-14,21H2,1H3/t16-,17-,18?/m1/s1. The summed E-state index contributed by atoms with van der Waals surface area (Å²) in [5.41, 5.74) is 7.07. The summed E-state index contributed by atoms with van der Waals surface area (Å²) in [4.78, 5) is 25.4. The molecule has 26 heavy (non-hydrogen) atoms. The van der Waals surface area contributed by atoms with Gasteiger partial charge in [-0.2, -0.15) is 0 Å². The van der Waals surface area contributed by atoms with Crippen molar-refractivity contribution < 1.29 is 14.3 Å². The Kier molecular flexibility index (Phi) is 8.74. The third kappa shape index (κ3) is 6.20. The van der Waals surface area contributed by atoms with E-state index >= 15 is 0 Å². The molecule has 0 aromatic heterocycles. The van der Waals surface area contributed by atoms with Crippen molar-refractivity contribution in [1.29, 1.82) is 0 Å². The second-order valence-electron chi connectivity index (χ2n) is 6.83. The molecular formula is C20H31N3O3. The summed E-state index contributed by atoms with van der Waals surface area (Å²) in [6.07, 6.45) is 3.57. The molecule has 0 aliphatic carbocycles. The molecule has 1 heterocycles. The van der Waals surface area contributed by atoms with E-state index in [9.17, 15) is 9.59 Å². The molecule has 1 aliphatic rings. The fraction of sp³-hybridized carbons (Fsp3) is 0.600. The monoisotopic (exact) mass is 361 g/mol. The molecule has 3 atom stereocenters. The average molecular weight is 361 g/mol. The molecule has 1 aliphatic heterocycles. The first-order valence-electron chi connectivity index (χ1n) is 9.57. The van der Waals surface area contributed by atoms with Crippen LogP contribution >= 0.6 is 0 Å². The average Bonchev–Trinajstić information content (AvgIpc) is 2.70. The molecule has 144 valence electrons. The number of carbonyl (C=O) groups excluding carboxylic acids is 2. The molecule has 0 saturated carbocycles. The van der Waals surface area contributed by atoms with Gasteiger partial charge in [-0.05, 0) is 12.0 Å². The van der Waals surface area contributed by atoms with Crippen molar-refractivity contribution in [3.63, 3.8) is 0 Å². The topological polar surface area (TPSA) is 93.5 Å².